The Morgan fingerprint density at radius 3 is 2.38 bits per heavy atom. The molecule has 2 aromatic carbocycles. The van der Waals surface area contributed by atoms with Gasteiger partial charge in [0.1, 0.15) is 5.82 Å². The summed E-state index contributed by atoms with van der Waals surface area (Å²) in [5.74, 6) is 0.501. The monoisotopic (exact) mass is 507 g/mol. The lowest BCUT2D eigenvalue weighted by molar-refractivity contribution is 0.617. The smallest absolute Gasteiger partial charge is 0.191 e. The predicted molar refractivity (Wildman–Crippen MR) is 127 cm³/mol. The third-order valence-corrected chi connectivity index (χ3v) is 4.78. The van der Waals surface area contributed by atoms with Gasteiger partial charge in [0.25, 0.3) is 0 Å². The van der Waals surface area contributed by atoms with E-state index in [1.165, 1.54) is 6.07 Å². The molecule has 0 amide bonds. The van der Waals surface area contributed by atoms with Crippen molar-refractivity contribution in [2.45, 2.75) is 33.9 Å². The van der Waals surface area contributed by atoms with Gasteiger partial charge in [-0.1, -0.05) is 30.3 Å². The lowest BCUT2D eigenvalue weighted by Crippen LogP contribution is -2.36. The molecule has 0 radical (unpaired) electrons. The van der Waals surface area contributed by atoms with Crippen LogP contribution in [0.5, 0.6) is 0 Å². The van der Waals surface area contributed by atoms with Gasteiger partial charge < -0.3 is 10.6 Å². The zero-order valence-electron chi connectivity index (χ0n) is 17.2. The summed E-state index contributed by atoms with van der Waals surface area (Å²) in [5.41, 5.74) is 5.92. The maximum Gasteiger partial charge on any atom is 0.191 e. The maximum atomic E-state index is 13.4. The highest BCUT2D eigenvalue weighted by atomic mass is 127. The summed E-state index contributed by atoms with van der Waals surface area (Å²) in [6.45, 7) is 7.04. The van der Waals surface area contributed by atoms with Crippen LogP contribution in [-0.2, 0) is 13.1 Å². The number of guanidine groups is 1. The fourth-order valence-electron chi connectivity index (χ4n) is 3.15. The molecular weight excluding hydrogens is 480 g/mol. The summed E-state index contributed by atoms with van der Waals surface area (Å²) in [6.07, 6.45) is 0. The van der Waals surface area contributed by atoms with Gasteiger partial charge in [-0.15, -0.1) is 24.0 Å². The van der Waals surface area contributed by atoms with Crippen molar-refractivity contribution in [2.75, 3.05) is 7.05 Å². The minimum absolute atomic E-state index is 0. The fraction of sp³-hybridized carbons (Fsp3) is 0.273. The van der Waals surface area contributed by atoms with E-state index in [1.807, 2.05) is 48.0 Å². The zero-order valence-corrected chi connectivity index (χ0v) is 19.5. The number of hydrogen-bond acceptors (Lipinski definition) is 2. The third-order valence-electron chi connectivity index (χ3n) is 4.78. The Hall–Kier alpha value is -2.42. The molecule has 5 nitrogen and oxygen atoms in total. The van der Waals surface area contributed by atoms with Crippen molar-refractivity contribution < 1.29 is 4.39 Å². The van der Waals surface area contributed by atoms with Gasteiger partial charge in [-0.2, -0.15) is 5.10 Å². The minimum Gasteiger partial charge on any atom is -0.352 e. The molecule has 154 valence electrons. The van der Waals surface area contributed by atoms with Crippen LogP contribution in [0.3, 0.4) is 0 Å². The van der Waals surface area contributed by atoms with Crippen molar-refractivity contribution >= 4 is 29.9 Å². The molecule has 0 saturated heterocycles. The molecule has 0 spiro atoms. The molecule has 1 aromatic heterocycles. The molecule has 0 aliphatic carbocycles. The van der Waals surface area contributed by atoms with Crippen LogP contribution in [0, 0.1) is 26.6 Å². The first kappa shape index (κ1) is 22.9. The van der Waals surface area contributed by atoms with Crippen molar-refractivity contribution in [3.8, 4) is 5.69 Å². The topological polar surface area (TPSA) is 54.2 Å². The second-order valence-corrected chi connectivity index (χ2v) is 6.76. The first-order valence-corrected chi connectivity index (χ1v) is 9.29. The number of aromatic nitrogens is 2. The SMILES string of the molecule is CN=C(NCc1ccc(F)c(C)c1)NCc1c(C)nn(-c2ccccc2)c1C.I. The lowest BCUT2D eigenvalue weighted by Gasteiger charge is -2.13. The van der Waals surface area contributed by atoms with Crippen molar-refractivity contribution in [3.05, 3.63) is 82.4 Å². The first-order valence-electron chi connectivity index (χ1n) is 9.29. The lowest BCUT2D eigenvalue weighted by atomic mass is 10.1. The highest BCUT2D eigenvalue weighted by Crippen LogP contribution is 2.17. The van der Waals surface area contributed by atoms with E-state index >= 15 is 0 Å². The molecule has 3 aromatic rings. The molecule has 0 aliphatic rings. The van der Waals surface area contributed by atoms with E-state index < -0.39 is 0 Å². The van der Waals surface area contributed by atoms with Gasteiger partial charge in [0.05, 0.1) is 11.4 Å². The van der Waals surface area contributed by atoms with Crippen molar-refractivity contribution in [2.24, 2.45) is 4.99 Å². The Bertz CT molecular complexity index is 982. The fourth-order valence-corrected chi connectivity index (χ4v) is 3.15. The van der Waals surface area contributed by atoms with E-state index in [9.17, 15) is 4.39 Å². The molecule has 0 saturated carbocycles. The molecule has 0 unspecified atom stereocenters. The van der Waals surface area contributed by atoms with Gasteiger partial charge in [0.2, 0.25) is 0 Å². The van der Waals surface area contributed by atoms with Crippen LogP contribution in [0.25, 0.3) is 5.69 Å². The molecule has 1 heterocycles. The Labute approximate surface area is 188 Å². The normalized spacial score (nSPS) is 11.1. The highest BCUT2D eigenvalue weighted by molar-refractivity contribution is 14.0. The van der Waals surface area contributed by atoms with E-state index in [4.69, 9.17) is 0 Å². The quantitative estimate of drug-likeness (QED) is 0.306. The first-order chi connectivity index (χ1) is 13.5. The number of hydrogen-bond donors (Lipinski definition) is 2. The van der Waals surface area contributed by atoms with E-state index in [0.717, 1.165) is 28.2 Å². The summed E-state index contributed by atoms with van der Waals surface area (Å²) in [6, 6.07) is 15.2. The van der Waals surface area contributed by atoms with Gasteiger partial charge in [-0.05, 0) is 50.1 Å². The highest BCUT2D eigenvalue weighted by Gasteiger charge is 2.13. The zero-order chi connectivity index (χ0) is 20.1. The van der Waals surface area contributed by atoms with Crippen LogP contribution in [0.4, 0.5) is 4.39 Å². The van der Waals surface area contributed by atoms with Crippen LogP contribution in [0.2, 0.25) is 0 Å². The predicted octanol–water partition coefficient (Wildman–Crippen LogP) is 4.42. The molecule has 0 bridgehead atoms. The van der Waals surface area contributed by atoms with E-state index in [-0.39, 0.29) is 29.8 Å². The molecule has 0 atom stereocenters. The summed E-state index contributed by atoms with van der Waals surface area (Å²) >= 11 is 0. The largest absolute Gasteiger partial charge is 0.352 e. The van der Waals surface area contributed by atoms with Gasteiger partial charge in [-0.25, -0.2) is 9.07 Å². The third kappa shape index (κ3) is 5.56. The second-order valence-electron chi connectivity index (χ2n) is 6.76. The average Bonchev–Trinajstić information content (AvgIpc) is 2.99. The summed E-state index contributed by atoms with van der Waals surface area (Å²) < 4.78 is 15.4. The molecular formula is C22H27FIN5. The van der Waals surface area contributed by atoms with Crippen LogP contribution >= 0.6 is 24.0 Å². The summed E-state index contributed by atoms with van der Waals surface area (Å²) in [5, 5.41) is 11.3. The number of para-hydroxylation sites is 1. The van der Waals surface area contributed by atoms with E-state index in [0.29, 0.717) is 24.6 Å². The Balaban J connectivity index is 0.00000300. The standard InChI is InChI=1S/C22H26FN5.HI/c1-15-12-18(10-11-21(15)23)13-25-22(24-4)26-14-20-16(2)27-28(17(20)3)19-8-6-5-7-9-19;/h5-12H,13-14H2,1-4H3,(H2,24,25,26);1H. The van der Waals surface area contributed by atoms with Gasteiger partial charge in [-0.3, -0.25) is 4.99 Å². The van der Waals surface area contributed by atoms with Gasteiger partial charge in [0.15, 0.2) is 5.96 Å². The van der Waals surface area contributed by atoms with Crippen molar-refractivity contribution in [3.63, 3.8) is 0 Å². The molecule has 29 heavy (non-hydrogen) atoms. The molecule has 0 fully saturated rings. The molecule has 2 N–H and O–H groups in total. The minimum atomic E-state index is -0.187. The number of nitrogens with one attached hydrogen (secondary N) is 2. The number of halogens is 2. The van der Waals surface area contributed by atoms with Crippen LogP contribution in [0.1, 0.15) is 28.1 Å². The number of aliphatic imine (C=N–C) groups is 1. The number of aryl methyl sites for hydroxylation is 2. The summed E-state index contributed by atoms with van der Waals surface area (Å²) in [7, 11) is 1.73. The molecule has 3 rings (SSSR count). The molecule has 7 heteroatoms. The Morgan fingerprint density at radius 2 is 1.72 bits per heavy atom. The van der Waals surface area contributed by atoms with E-state index in [2.05, 4.69) is 27.6 Å². The Morgan fingerprint density at radius 1 is 1.03 bits per heavy atom. The second kappa shape index (κ2) is 10.4. The van der Waals surface area contributed by atoms with Crippen molar-refractivity contribution in [1.29, 1.82) is 0 Å². The summed E-state index contributed by atoms with van der Waals surface area (Å²) in [4.78, 5) is 4.28. The van der Waals surface area contributed by atoms with Crippen molar-refractivity contribution in [1.82, 2.24) is 20.4 Å². The number of nitrogens with zero attached hydrogens (tertiary/aromatic N) is 3. The number of rotatable bonds is 5. The van der Waals surface area contributed by atoms with Gasteiger partial charge >= 0.3 is 0 Å². The van der Waals surface area contributed by atoms with Crippen LogP contribution in [-0.4, -0.2) is 22.8 Å². The number of benzene rings is 2. The van der Waals surface area contributed by atoms with Gasteiger partial charge in [0, 0.05) is 31.4 Å². The van der Waals surface area contributed by atoms with Crippen LogP contribution < -0.4 is 10.6 Å². The van der Waals surface area contributed by atoms with E-state index in [1.54, 1.807) is 20.0 Å². The molecule has 0 aliphatic heterocycles. The Kier molecular flexibility index (Phi) is 8.19. The maximum absolute atomic E-state index is 13.4. The van der Waals surface area contributed by atoms with Crippen LogP contribution in [0.15, 0.2) is 53.5 Å². The average molecular weight is 507 g/mol.